The second-order valence-electron chi connectivity index (χ2n) is 5.59. The van der Waals surface area contributed by atoms with Gasteiger partial charge in [-0.15, -0.1) is 0 Å². The molecule has 23 heavy (non-hydrogen) atoms. The average molecular weight is 315 g/mol. The lowest BCUT2D eigenvalue weighted by molar-refractivity contribution is 0.272. The molecule has 0 unspecified atom stereocenters. The minimum absolute atomic E-state index is 0.120. The summed E-state index contributed by atoms with van der Waals surface area (Å²) in [6, 6.07) is 6.75. The van der Waals surface area contributed by atoms with Crippen molar-refractivity contribution >= 4 is 5.69 Å². The van der Waals surface area contributed by atoms with Crippen LogP contribution in [0.25, 0.3) is 0 Å². The number of aryl methyl sites for hydroxylation is 1. The quantitative estimate of drug-likeness (QED) is 0.864. The SMILES string of the molecule is Cc1nc(CN2CCCN(c3cccc(F)c3C#N)CC2)no1. The lowest BCUT2D eigenvalue weighted by Gasteiger charge is -2.24. The number of nitrogens with zero attached hydrogens (tertiary/aromatic N) is 5. The van der Waals surface area contributed by atoms with Crippen LogP contribution in [-0.4, -0.2) is 41.2 Å². The molecule has 0 spiro atoms. The van der Waals surface area contributed by atoms with Crippen LogP contribution in [0.4, 0.5) is 10.1 Å². The standard InChI is InChI=1S/C16H18FN5O/c1-12-19-16(20-23-12)11-21-6-3-7-22(9-8-21)15-5-2-4-14(17)13(15)10-18/h2,4-5H,3,6-9,11H2,1H3. The van der Waals surface area contributed by atoms with E-state index >= 15 is 0 Å². The van der Waals surface area contributed by atoms with Gasteiger partial charge in [-0.05, 0) is 18.6 Å². The highest BCUT2D eigenvalue weighted by molar-refractivity contribution is 5.59. The molecule has 7 heteroatoms. The van der Waals surface area contributed by atoms with E-state index in [2.05, 4.69) is 19.9 Å². The molecule has 6 nitrogen and oxygen atoms in total. The minimum atomic E-state index is -0.464. The van der Waals surface area contributed by atoms with Crippen molar-refractivity contribution in [2.24, 2.45) is 0 Å². The smallest absolute Gasteiger partial charge is 0.223 e. The largest absolute Gasteiger partial charge is 0.369 e. The molecule has 0 aliphatic carbocycles. The number of halogens is 1. The third-order valence-electron chi connectivity index (χ3n) is 3.97. The van der Waals surface area contributed by atoms with Crippen molar-refractivity contribution in [1.82, 2.24) is 15.0 Å². The molecule has 3 rings (SSSR count). The predicted octanol–water partition coefficient (Wildman–Crippen LogP) is 2.10. The number of benzene rings is 1. The van der Waals surface area contributed by atoms with Gasteiger partial charge in [-0.25, -0.2) is 4.39 Å². The first kappa shape index (κ1) is 15.4. The van der Waals surface area contributed by atoms with Gasteiger partial charge >= 0.3 is 0 Å². The van der Waals surface area contributed by atoms with Crippen LogP contribution in [0.15, 0.2) is 22.7 Å². The zero-order valence-corrected chi connectivity index (χ0v) is 13.0. The van der Waals surface area contributed by atoms with Crippen molar-refractivity contribution in [3.05, 3.63) is 41.3 Å². The predicted molar refractivity (Wildman–Crippen MR) is 82.3 cm³/mol. The number of nitriles is 1. The van der Waals surface area contributed by atoms with Crippen molar-refractivity contribution in [2.75, 3.05) is 31.1 Å². The normalized spacial score (nSPS) is 16.1. The van der Waals surface area contributed by atoms with Crippen molar-refractivity contribution in [3.63, 3.8) is 0 Å². The summed E-state index contributed by atoms with van der Waals surface area (Å²) in [7, 11) is 0. The molecule has 1 fully saturated rings. The fraction of sp³-hybridized carbons (Fsp3) is 0.438. The van der Waals surface area contributed by atoms with Crippen LogP contribution in [0.1, 0.15) is 23.7 Å². The molecule has 1 aliphatic rings. The Bertz CT molecular complexity index is 724. The van der Waals surface area contributed by atoms with Gasteiger partial charge in [0.1, 0.15) is 17.4 Å². The fourth-order valence-corrected chi connectivity index (χ4v) is 2.86. The molecule has 0 amide bonds. The molecule has 120 valence electrons. The maximum Gasteiger partial charge on any atom is 0.223 e. The summed E-state index contributed by atoms with van der Waals surface area (Å²) in [5.41, 5.74) is 0.791. The third kappa shape index (κ3) is 3.48. The van der Waals surface area contributed by atoms with E-state index in [1.165, 1.54) is 6.07 Å². The van der Waals surface area contributed by atoms with Gasteiger partial charge in [0.15, 0.2) is 5.82 Å². The van der Waals surface area contributed by atoms with E-state index in [0.29, 0.717) is 23.9 Å². The maximum absolute atomic E-state index is 13.8. The molecule has 1 aliphatic heterocycles. The van der Waals surface area contributed by atoms with E-state index in [1.54, 1.807) is 19.1 Å². The summed E-state index contributed by atoms with van der Waals surface area (Å²) in [6.45, 7) is 5.64. The summed E-state index contributed by atoms with van der Waals surface area (Å²) in [5.74, 6) is 0.780. The van der Waals surface area contributed by atoms with E-state index in [4.69, 9.17) is 4.52 Å². The molecule has 0 saturated carbocycles. The first-order chi connectivity index (χ1) is 11.2. The molecule has 1 aromatic carbocycles. The zero-order chi connectivity index (χ0) is 16.2. The van der Waals surface area contributed by atoms with Crippen LogP contribution in [0, 0.1) is 24.1 Å². The number of aromatic nitrogens is 2. The van der Waals surface area contributed by atoms with Crippen LogP contribution in [-0.2, 0) is 6.54 Å². The Morgan fingerprint density at radius 1 is 1.30 bits per heavy atom. The summed E-state index contributed by atoms with van der Waals surface area (Å²) >= 11 is 0. The molecular formula is C16H18FN5O. The summed E-state index contributed by atoms with van der Waals surface area (Å²) in [6.07, 6.45) is 0.929. The Morgan fingerprint density at radius 2 is 2.17 bits per heavy atom. The summed E-state index contributed by atoms with van der Waals surface area (Å²) in [5, 5.41) is 13.1. The van der Waals surface area contributed by atoms with Crippen LogP contribution in [0.5, 0.6) is 0 Å². The Balaban J connectivity index is 1.69. The van der Waals surface area contributed by atoms with Gasteiger partial charge in [-0.2, -0.15) is 10.2 Å². The van der Waals surface area contributed by atoms with Crippen molar-refractivity contribution < 1.29 is 8.91 Å². The lowest BCUT2D eigenvalue weighted by atomic mass is 10.1. The van der Waals surface area contributed by atoms with Crippen LogP contribution < -0.4 is 4.90 Å². The van der Waals surface area contributed by atoms with Gasteiger partial charge in [0.05, 0.1) is 12.2 Å². The number of rotatable bonds is 3. The molecule has 0 N–H and O–H groups in total. The Kier molecular flexibility index (Phi) is 4.53. The zero-order valence-electron chi connectivity index (χ0n) is 13.0. The molecular weight excluding hydrogens is 297 g/mol. The minimum Gasteiger partial charge on any atom is -0.369 e. The van der Waals surface area contributed by atoms with E-state index in [9.17, 15) is 9.65 Å². The Hall–Kier alpha value is -2.46. The van der Waals surface area contributed by atoms with Crippen LogP contribution in [0.3, 0.4) is 0 Å². The first-order valence-corrected chi connectivity index (χ1v) is 7.62. The number of hydrogen-bond donors (Lipinski definition) is 0. The van der Waals surface area contributed by atoms with Crippen LogP contribution in [0.2, 0.25) is 0 Å². The van der Waals surface area contributed by atoms with Crippen molar-refractivity contribution in [3.8, 4) is 6.07 Å². The van der Waals surface area contributed by atoms with Gasteiger partial charge in [0.2, 0.25) is 5.89 Å². The van der Waals surface area contributed by atoms with Gasteiger partial charge in [0.25, 0.3) is 0 Å². The lowest BCUT2D eigenvalue weighted by Crippen LogP contribution is -2.31. The van der Waals surface area contributed by atoms with E-state index in [-0.39, 0.29) is 5.56 Å². The number of anilines is 1. The third-order valence-corrected chi connectivity index (χ3v) is 3.97. The molecule has 0 bridgehead atoms. The molecule has 2 heterocycles. The highest BCUT2D eigenvalue weighted by Gasteiger charge is 2.20. The Labute approximate surface area is 134 Å². The fourth-order valence-electron chi connectivity index (χ4n) is 2.86. The molecule has 1 saturated heterocycles. The monoisotopic (exact) mass is 315 g/mol. The number of hydrogen-bond acceptors (Lipinski definition) is 6. The molecule has 2 aromatic rings. The van der Waals surface area contributed by atoms with E-state index in [0.717, 1.165) is 32.6 Å². The van der Waals surface area contributed by atoms with Gasteiger partial charge < -0.3 is 9.42 Å². The molecule has 1 aromatic heterocycles. The van der Waals surface area contributed by atoms with E-state index < -0.39 is 5.82 Å². The van der Waals surface area contributed by atoms with Gasteiger partial charge in [0, 0.05) is 33.1 Å². The highest BCUT2D eigenvalue weighted by Crippen LogP contribution is 2.23. The average Bonchev–Trinajstić information content (AvgIpc) is 2.81. The summed E-state index contributed by atoms with van der Waals surface area (Å²) < 4.78 is 18.8. The van der Waals surface area contributed by atoms with Gasteiger partial charge in [-0.3, -0.25) is 4.90 Å². The van der Waals surface area contributed by atoms with Crippen LogP contribution >= 0.6 is 0 Å². The van der Waals surface area contributed by atoms with Crippen molar-refractivity contribution in [1.29, 1.82) is 5.26 Å². The molecule has 0 atom stereocenters. The Morgan fingerprint density at radius 3 is 2.91 bits per heavy atom. The maximum atomic E-state index is 13.8. The first-order valence-electron chi connectivity index (χ1n) is 7.62. The molecule has 0 radical (unpaired) electrons. The second kappa shape index (κ2) is 6.75. The highest BCUT2D eigenvalue weighted by atomic mass is 19.1. The topological polar surface area (TPSA) is 69.2 Å². The summed E-state index contributed by atoms with van der Waals surface area (Å²) in [4.78, 5) is 8.54. The van der Waals surface area contributed by atoms with Gasteiger partial charge in [-0.1, -0.05) is 11.2 Å². The van der Waals surface area contributed by atoms with Crippen molar-refractivity contribution in [2.45, 2.75) is 19.9 Å². The second-order valence-corrected chi connectivity index (χ2v) is 5.59. The van der Waals surface area contributed by atoms with E-state index in [1.807, 2.05) is 6.07 Å².